The summed E-state index contributed by atoms with van der Waals surface area (Å²) in [6, 6.07) is 12.9. The molecule has 0 fully saturated rings. The van der Waals surface area contributed by atoms with Crippen LogP contribution in [0.5, 0.6) is 5.75 Å². The second-order valence-corrected chi connectivity index (χ2v) is 5.27. The molecular formula is C16H12BrNO2. The number of nitrogens with zero attached hydrogens (tertiary/aromatic N) is 1. The van der Waals surface area contributed by atoms with Crippen LogP contribution >= 0.6 is 15.9 Å². The lowest BCUT2D eigenvalue weighted by Gasteiger charge is -2.12. The van der Waals surface area contributed by atoms with Crippen molar-refractivity contribution in [2.75, 3.05) is 0 Å². The Kier molecular flexibility index (Phi) is 4.54. The van der Waals surface area contributed by atoms with Gasteiger partial charge in [-0.1, -0.05) is 28.1 Å². The summed E-state index contributed by atoms with van der Waals surface area (Å²) < 4.78 is 6.59. The van der Waals surface area contributed by atoms with E-state index in [9.17, 15) is 4.79 Å². The highest BCUT2D eigenvalue weighted by molar-refractivity contribution is 9.10. The summed E-state index contributed by atoms with van der Waals surface area (Å²) in [7, 11) is 0. The molecule has 0 aliphatic rings. The first-order valence-electron chi connectivity index (χ1n) is 6.01. The highest BCUT2D eigenvalue weighted by Crippen LogP contribution is 2.27. The van der Waals surface area contributed by atoms with E-state index in [-0.39, 0.29) is 0 Å². The Labute approximate surface area is 125 Å². The third kappa shape index (κ3) is 3.25. The second-order valence-electron chi connectivity index (χ2n) is 4.36. The summed E-state index contributed by atoms with van der Waals surface area (Å²) in [6.07, 6.45) is 0.784. The maximum atomic E-state index is 11.1. The Morgan fingerprint density at radius 1 is 1.30 bits per heavy atom. The van der Waals surface area contributed by atoms with E-state index in [4.69, 9.17) is 10.00 Å². The average Bonchev–Trinajstić information content (AvgIpc) is 2.46. The number of hydrogen-bond donors (Lipinski definition) is 0. The average molecular weight is 330 g/mol. The summed E-state index contributed by atoms with van der Waals surface area (Å²) in [4.78, 5) is 11.1. The molecule has 2 rings (SSSR count). The molecule has 0 saturated heterocycles. The number of carbonyl (C=O) groups excluding carboxylic acids is 1. The predicted octanol–water partition coefficient (Wildman–Crippen LogP) is 4.02. The first-order valence-corrected chi connectivity index (χ1v) is 6.80. The minimum atomic E-state index is 0.356. The van der Waals surface area contributed by atoms with Gasteiger partial charge in [-0.25, -0.2) is 0 Å². The standard InChI is InChI=1S/C16H12BrNO2/c1-11-6-15(17)7-14(9-19)16(11)20-10-13-4-2-12(8-18)3-5-13/h2-7,9H,10H2,1H3. The molecule has 0 N–H and O–H groups in total. The molecule has 0 bridgehead atoms. The Bertz CT molecular complexity index is 672. The van der Waals surface area contributed by atoms with Crippen LogP contribution < -0.4 is 4.74 Å². The smallest absolute Gasteiger partial charge is 0.153 e. The fourth-order valence-electron chi connectivity index (χ4n) is 1.87. The van der Waals surface area contributed by atoms with Crippen LogP contribution in [-0.2, 0) is 6.61 Å². The van der Waals surface area contributed by atoms with Gasteiger partial charge in [0.15, 0.2) is 6.29 Å². The quantitative estimate of drug-likeness (QED) is 0.796. The normalized spacial score (nSPS) is 9.85. The van der Waals surface area contributed by atoms with Crippen LogP contribution in [0, 0.1) is 18.3 Å². The van der Waals surface area contributed by atoms with Gasteiger partial charge in [-0.15, -0.1) is 0 Å². The van der Waals surface area contributed by atoms with E-state index in [1.807, 2.05) is 25.1 Å². The van der Waals surface area contributed by atoms with Gasteiger partial charge >= 0.3 is 0 Å². The molecule has 2 aromatic carbocycles. The van der Waals surface area contributed by atoms with Gasteiger partial charge in [-0.05, 0) is 42.3 Å². The van der Waals surface area contributed by atoms with Crippen molar-refractivity contribution in [1.29, 1.82) is 5.26 Å². The van der Waals surface area contributed by atoms with E-state index >= 15 is 0 Å². The zero-order valence-electron chi connectivity index (χ0n) is 10.9. The fraction of sp³-hybridized carbons (Fsp3) is 0.125. The number of halogens is 1. The van der Waals surface area contributed by atoms with E-state index in [1.165, 1.54) is 0 Å². The molecule has 3 nitrogen and oxygen atoms in total. The van der Waals surface area contributed by atoms with E-state index in [0.29, 0.717) is 23.5 Å². The molecule has 0 saturated carbocycles. The molecule has 2 aromatic rings. The molecule has 0 radical (unpaired) electrons. The first kappa shape index (κ1) is 14.3. The van der Waals surface area contributed by atoms with Crippen molar-refractivity contribution >= 4 is 22.2 Å². The van der Waals surface area contributed by atoms with Gasteiger partial charge in [0.05, 0.1) is 17.2 Å². The molecule has 4 heteroatoms. The van der Waals surface area contributed by atoms with Crippen LogP contribution in [0.3, 0.4) is 0 Å². The molecule has 0 aromatic heterocycles. The van der Waals surface area contributed by atoms with Crippen molar-refractivity contribution in [3.8, 4) is 11.8 Å². The predicted molar refractivity (Wildman–Crippen MR) is 79.8 cm³/mol. The molecule has 20 heavy (non-hydrogen) atoms. The number of nitriles is 1. The maximum Gasteiger partial charge on any atom is 0.153 e. The molecule has 0 atom stereocenters. The first-order chi connectivity index (χ1) is 9.63. The fourth-order valence-corrected chi connectivity index (χ4v) is 2.46. The van der Waals surface area contributed by atoms with Gasteiger partial charge in [0.1, 0.15) is 12.4 Å². The Morgan fingerprint density at radius 2 is 2.00 bits per heavy atom. The minimum absolute atomic E-state index is 0.356. The number of aryl methyl sites for hydroxylation is 1. The largest absolute Gasteiger partial charge is 0.488 e. The van der Waals surface area contributed by atoms with Crippen LogP contribution in [0.2, 0.25) is 0 Å². The topological polar surface area (TPSA) is 50.1 Å². The zero-order chi connectivity index (χ0) is 14.5. The highest BCUT2D eigenvalue weighted by Gasteiger charge is 2.08. The minimum Gasteiger partial charge on any atom is -0.488 e. The lowest BCUT2D eigenvalue weighted by atomic mass is 10.1. The van der Waals surface area contributed by atoms with E-state index in [0.717, 1.165) is 21.9 Å². The number of carbonyl (C=O) groups is 1. The van der Waals surface area contributed by atoms with Crippen molar-refractivity contribution < 1.29 is 9.53 Å². The summed E-state index contributed by atoms with van der Waals surface area (Å²) in [5.41, 5.74) is 2.98. The molecule has 0 unspecified atom stereocenters. The second kappa shape index (κ2) is 6.36. The number of benzene rings is 2. The van der Waals surface area contributed by atoms with Crippen molar-refractivity contribution in [2.24, 2.45) is 0 Å². The number of aldehydes is 1. The summed E-state index contributed by atoms with van der Waals surface area (Å²) >= 11 is 3.35. The van der Waals surface area contributed by atoms with Gasteiger partial charge < -0.3 is 4.74 Å². The van der Waals surface area contributed by atoms with Crippen molar-refractivity contribution in [3.63, 3.8) is 0 Å². The molecular weight excluding hydrogens is 318 g/mol. The lowest BCUT2D eigenvalue weighted by molar-refractivity contribution is 0.111. The highest BCUT2D eigenvalue weighted by atomic mass is 79.9. The van der Waals surface area contributed by atoms with E-state index in [2.05, 4.69) is 22.0 Å². The monoisotopic (exact) mass is 329 g/mol. The molecule has 0 amide bonds. The van der Waals surface area contributed by atoms with Crippen molar-refractivity contribution in [2.45, 2.75) is 13.5 Å². The number of rotatable bonds is 4. The third-order valence-electron chi connectivity index (χ3n) is 2.86. The summed E-state index contributed by atoms with van der Waals surface area (Å²) in [5, 5.41) is 8.74. The number of hydrogen-bond acceptors (Lipinski definition) is 3. The Hall–Kier alpha value is -2.12. The van der Waals surface area contributed by atoms with Gasteiger partial charge in [-0.2, -0.15) is 5.26 Å². The van der Waals surface area contributed by atoms with Crippen LogP contribution in [0.15, 0.2) is 40.9 Å². The zero-order valence-corrected chi connectivity index (χ0v) is 12.5. The molecule has 0 aliphatic heterocycles. The maximum absolute atomic E-state index is 11.1. The van der Waals surface area contributed by atoms with Crippen LogP contribution in [0.1, 0.15) is 27.0 Å². The van der Waals surface area contributed by atoms with Crippen LogP contribution in [0.25, 0.3) is 0 Å². The Morgan fingerprint density at radius 3 is 2.60 bits per heavy atom. The Balaban J connectivity index is 2.18. The van der Waals surface area contributed by atoms with Gasteiger partial charge in [-0.3, -0.25) is 4.79 Å². The van der Waals surface area contributed by atoms with Gasteiger partial charge in [0, 0.05) is 4.47 Å². The summed E-state index contributed by atoms with van der Waals surface area (Å²) in [6.45, 7) is 2.25. The van der Waals surface area contributed by atoms with Gasteiger partial charge in [0.25, 0.3) is 0 Å². The lowest BCUT2D eigenvalue weighted by Crippen LogP contribution is -2.00. The molecule has 100 valence electrons. The van der Waals surface area contributed by atoms with Crippen LogP contribution in [0.4, 0.5) is 0 Å². The molecule has 0 spiro atoms. The van der Waals surface area contributed by atoms with Crippen molar-refractivity contribution in [1.82, 2.24) is 0 Å². The third-order valence-corrected chi connectivity index (χ3v) is 3.32. The van der Waals surface area contributed by atoms with Gasteiger partial charge in [0.2, 0.25) is 0 Å². The SMILES string of the molecule is Cc1cc(Br)cc(C=O)c1OCc1ccc(C#N)cc1. The molecule has 0 aliphatic carbocycles. The van der Waals surface area contributed by atoms with E-state index < -0.39 is 0 Å². The molecule has 0 heterocycles. The number of ether oxygens (including phenoxy) is 1. The van der Waals surface area contributed by atoms with Crippen LogP contribution in [-0.4, -0.2) is 6.29 Å². The summed E-state index contributed by atoms with van der Waals surface area (Å²) in [5.74, 6) is 0.590. The van der Waals surface area contributed by atoms with E-state index in [1.54, 1.807) is 18.2 Å². The van der Waals surface area contributed by atoms with Crippen molar-refractivity contribution in [3.05, 3.63) is 63.1 Å².